The number of benzene rings is 1. The number of aromatic nitrogens is 4. The first kappa shape index (κ1) is 17.2. The molecule has 1 amide bonds. The Morgan fingerprint density at radius 1 is 1.36 bits per heavy atom. The van der Waals surface area contributed by atoms with Gasteiger partial charge in [0.15, 0.2) is 11.2 Å². The van der Waals surface area contributed by atoms with Crippen LogP contribution in [0, 0.1) is 5.92 Å². The second-order valence-corrected chi connectivity index (χ2v) is 5.90. The molecule has 130 valence electrons. The van der Waals surface area contributed by atoms with E-state index in [1.165, 1.54) is 6.33 Å². The first-order valence-corrected chi connectivity index (χ1v) is 8.29. The predicted octanol–water partition coefficient (Wildman–Crippen LogP) is 0.910. The van der Waals surface area contributed by atoms with Gasteiger partial charge in [-0.15, -0.1) is 0 Å². The van der Waals surface area contributed by atoms with Gasteiger partial charge >= 0.3 is 0 Å². The number of carbonyl (C=O) groups is 1. The fourth-order valence-electron chi connectivity index (χ4n) is 2.37. The molecule has 0 aliphatic heterocycles. The summed E-state index contributed by atoms with van der Waals surface area (Å²) in [7, 11) is 0. The van der Waals surface area contributed by atoms with Crippen LogP contribution in [0.1, 0.15) is 10.4 Å². The fraction of sp³-hybridized carbons (Fsp3) is 0.250. The Hall–Kier alpha value is -2.65. The number of fused-ring (bicyclic) bond motifs is 1. The molecule has 25 heavy (non-hydrogen) atoms. The average Bonchev–Trinajstić information content (AvgIpc) is 3.03. The lowest BCUT2D eigenvalue weighted by atomic mass is 10.2. The van der Waals surface area contributed by atoms with Crippen LogP contribution in [-0.2, 0) is 6.54 Å². The molecular formula is C16H17N5O3S. The van der Waals surface area contributed by atoms with Crippen molar-refractivity contribution in [3.63, 3.8) is 0 Å². The highest BCUT2D eigenvalue weighted by Gasteiger charge is 2.15. The lowest BCUT2D eigenvalue weighted by Crippen LogP contribution is -2.20. The molecule has 0 radical (unpaired) electrons. The molecule has 0 fully saturated rings. The van der Waals surface area contributed by atoms with Crippen molar-refractivity contribution in [2.75, 3.05) is 17.7 Å². The highest BCUT2D eigenvalue weighted by molar-refractivity contribution is 7.80. The van der Waals surface area contributed by atoms with Gasteiger partial charge in [-0.1, -0.05) is 18.2 Å². The van der Waals surface area contributed by atoms with Crippen LogP contribution >= 0.6 is 12.6 Å². The number of aliphatic hydroxyl groups is 1. The maximum Gasteiger partial charge on any atom is 0.280 e. The number of aliphatic hydroxyl groups excluding tert-OH is 1. The van der Waals surface area contributed by atoms with Gasteiger partial charge in [0.25, 0.3) is 11.5 Å². The monoisotopic (exact) mass is 359 g/mol. The maximum absolute atomic E-state index is 12.2. The van der Waals surface area contributed by atoms with E-state index in [0.29, 0.717) is 23.5 Å². The standard InChI is InChI=1S/C16H17N5O3S/c22-7-10(8-25)6-21-9-17-12-13(21)18-16(20-15(12)24)19-14(23)11-4-2-1-3-5-11/h1-5,9-10,22,25H,6-8H2,(H2,18,19,20,23,24). The largest absolute Gasteiger partial charge is 0.396 e. The molecule has 1 atom stereocenters. The van der Waals surface area contributed by atoms with E-state index in [1.807, 2.05) is 0 Å². The van der Waals surface area contributed by atoms with Crippen LogP contribution in [0.3, 0.4) is 0 Å². The first-order valence-electron chi connectivity index (χ1n) is 7.65. The van der Waals surface area contributed by atoms with Crippen LogP contribution in [-0.4, -0.2) is 42.9 Å². The zero-order valence-electron chi connectivity index (χ0n) is 13.2. The minimum atomic E-state index is -0.446. The van der Waals surface area contributed by atoms with E-state index in [0.717, 1.165) is 0 Å². The molecule has 3 N–H and O–H groups in total. The van der Waals surface area contributed by atoms with Gasteiger partial charge < -0.3 is 9.67 Å². The summed E-state index contributed by atoms with van der Waals surface area (Å²) in [6, 6.07) is 8.62. The molecule has 1 aromatic carbocycles. The van der Waals surface area contributed by atoms with E-state index in [2.05, 4.69) is 32.9 Å². The van der Waals surface area contributed by atoms with Crippen molar-refractivity contribution in [2.45, 2.75) is 6.54 Å². The molecule has 9 heteroatoms. The van der Waals surface area contributed by atoms with E-state index < -0.39 is 5.56 Å². The minimum Gasteiger partial charge on any atom is -0.396 e. The summed E-state index contributed by atoms with van der Waals surface area (Å²) in [5.41, 5.74) is 0.522. The third-order valence-electron chi connectivity index (χ3n) is 3.71. The highest BCUT2D eigenvalue weighted by atomic mass is 32.1. The quantitative estimate of drug-likeness (QED) is 0.489. The summed E-state index contributed by atoms with van der Waals surface area (Å²) >= 11 is 4.19. The van der Waals surface area contributed by atoms with Gasteiger partial charge in [-0.05, 0) is 17.9 Å². The van der Waals surface area contributed by atoms with Gasteiger partial charge in [0.1, 0.15) is 0 Å². The maximum atomic E-state index is 12.2. The third-order valence-corrected chi connectivity index (χ3v) is 4.23. The molecule has 8 nitrogen and oxygen atoms in total. The Labute approximate surface area is 148 Å². The number of carbonyl (C=O) groups excluding carboxylic acids is 1. The zero-order valence-corrected chi connectivity index (χ0v) is 14.1. The number of hydrogen-bond donors (Lipinski definition) is 4. The number of rotatable bonds is 6. The molecule has 1 unspecified atom stereocenters. The average molecular weight is 359 g/mol. The van der Waals surface area contributed by atoms with Gasteiger partial charge in [-0.2, -0.15) is 17.6 Å². The second-order valence-electron chi connectivity index (χ2n) is 5.54. The van der Waals surface area contributed by atoms with Crippen molar-refractivity contribution in [2.24, 2.45) is 5.92 Å². The van der Waals surface area contributed by atoms with Gasteiger partial charge in [0.2, 0.25) is 5.95 Å². The summed E-state index contributed by atoms with van der Waals surface area (Å²) in [6.07, 6.45) is 1.49. The lowest BCUT2D eigenvalue weighted by Gasteiger charge is -2.12. The van der Waals surface area contributed by atoms with Crippen molar-refractivity contribution in [1.29, 1.82) is 0 Å². The first-order chi connectivity index (χ1) is 12.1. The van der Waals surface area contributed by atoms with Crippen molar-refractivity contribution >= 4 is 35.6 Å². The lowest BCUT2D eigenvalue weighted by molar-refractivity contribution is 0.102. The molecule has 0 spiro atoms. The number of thiol groups is 1. The van der Waals surface area contributed by atoms with E-state index in [1.54, 1.807) is 34.9 Å². The number of anilines is 1. The Bertz CT molecular complexity index is 934. The highest BCUT2D eigenvalue weighted by Crippen LogP contribution is 2.12. The number of H-pyrrole nitrogens is 1. The van der Waals surface area contributed by atoms with Gasteiger partial charge in [-0.3, -0.25) is 19.9 Å². The summed E-state index contributed by atoms with van der Waals surface area (Å²) in [6.45, 7) is 0.378. The van der Waals surface area contributed by atoms with Crippen LogP contribution in [0.5, 0.6) is 0 Å². The number of nitrogens with zero attached hydrogens (tertiary/aromatic N) is 3. The predicted molar refractivity (Wildman–Crippen MR) is 97.0 cm³/mol. The normalized spacial score (nSPS) is 12.2. The molecule has 2 aromatic heterocycles. The van der Waals surface area contributed by atoms with Gasteiger partial charge in [0.05, 0.1) is 6.33 Å². The van der Waals surface area contributed by atoms with E-state index in [4.69, 9.17) is 0 Å². The molecule has 0 aliphatic carbocycles. The summed E-state index contributed by atoms with van der Waals surface area (Å²) < 4.78 is 1.67. The molecule has 0 aliphatic rings. The number of imidazole rings is 1. The SMILES string of the molecule is O=C(Nc1nc2c(ncn2CC(CO)CS)c(=O)[nH]1)c1ccccc1. The van der Waals surface area contributed by atoms with Crippen LogP contribution in [0.2, 0.25) is 0 Å². The van der Waals surface area contributed by atoms with Crippen LogP contribution in [0.25, 0.3) is 11.2 Å². The summed E-state index contributed by atoms with van der Waals surface area (Å²) in [4.78, 5) is 35.2. The third kappa shape index (κ3) is 3.72. The van der Waals surface area contributed by atoms with Gasteiger partial charge in [-0.25, -0.2) is 4.98 Å². The van der Waals surface area contributed by atoms with Crippen LogP contribution < -0.4 is 10.9 Å². The zero-order chi connectivity index (χ0) is 17.8. The number of amides is 1. The molecule has 3 aromatic rings. The fourth-order valence-corrected chi connectivity index (χ4v) is 2.60. The number of hydrogen-bond acceptors (Lipinski definition) is 6. The number of nitrogens with one attached hydrogen (secondary N) is 2. The molecular weight excluding hydrogens is 342 g/mol. The van der Waals surface area contributed by atoms with E-state index >= 15 is 0 Å². The molecule has 2 heterocycles. The molecule has 3 rings (SSSR count). The Balaban J connectivity index is 1.92. The summed E-state index contributed by atoms with van der Waals surface area (Å²) in [5, 5.41) is 11.9. The van der Waals surface area contributed by atoms with Crippen molar-refractivity contribution < 1.29 is 9.90 Å². The molecule has 0 saturated carbocycles. The Kier molecular flexibility index (Phi) is 5.15. The topological polar surface area (TPSA) is 113 Å². The van der Waals surface area contributed by atoms with Crippen molar-refractivity contribution in [1.82, 2.24) is 19.5 Å². The van der Waals surface area contributed by atoms with E-state index in [9.17, 15) is 14.7 Å². The van der Waals surface area contributed by atoms with E-state index in [-0.39, 0.29) is 29.9 Å². The second kappa shape index (κ2) is 7.49. The van der Waals surface area contributed by atoms with Crippen molar-refractivity contribution in [3.05, 3.63) is 52.6 Å². The summed E-state index contributed by atoms with van der Waals surface area (Å²) in [5.74, 6) is 0.0539. The van der Waals surface area contributed by atoms with Crippen LogP contribution in [0.4, 0.5) is 5.95 Å². The minimum absolute atomic E-state index is 0.0377. The number of aromatic amines is 1. The van der Waals surface area contributed by atoms with Gasteiger partial charge in [0, 0.05) is 24.6 Å². The van der Waals surface area contributed by atoms with Crippen LogP contribution in [0.15, 0.2) is 41.5 Å². The van der Waals surface area contributed by atoms with Crippen molar-refractivity contribution in [3.8, 4) is 0 Å². The molecule has 0 bridgehead atoms. The smallest absolute Gasteiger partial charge is 0.280 e. The molecule has 0 saturated heterocycles. The Morgan fingerprint density at radius 2 is 2.12 bits per heavy atom. The Morgan fingerprint density at radius 3 is 2.80 bits per heavy atom.